The van der Waals surface area contributed by atoms with Gasteiger partial charge in [-0.2, -0.15) is 0 Å². The van der Waals surface area contributed by atoms with E-state index >= 15 is 0 Å². The van der Waals surface area contributed by atoms with Gasteiger partial charge in [-0.3, -0.25) is 13.8 Å². The van der Waals surface area contributed by atoms with E-state index in [1.807, 2.05) is 25.8 Å². The minimum absolute atomic E-state index is 0.0539. The number of carbonyl (C=O) groups excluding carboxylic acids is 1. The molecule has 0 aliphatic carbocycles. The Labute approximate surface area is 226 Å². The van der Waals surface area contributed by atoms with Crippen LogP contribution in [0.4, 0.5) is 0 Å². The van der Waals surface area contributed by atoms with E-state index in [0.717, 1.165) is 38.6 Å². The average molecular weight is 544 g/mol. The van der Waals surface area contributed by atoms with E-state index in [1.54, 1.807) is 0 Å². The highest BCUT2D eigenvalue weighted by molar-refractivity contribution is 7.47. The van der Waals surface area contributed by atoms with Gasteiger partial charge in [-0.05, 0) is 52.6 Å². The lowest BCUT2D eigenvalue weighted by molar-refractivity contribution is -0.150. The van der Waals surface area contributed by atoms with Gasteiger partial charge in [0.15, 0.2) is 0 Å². The lowest BCUT2D eigenvalue weighted by Crippen LogP contribution is -2.24. The van der Waals surface area contributed by atoms with Crippen molar-refractivity contribution in [3.05, 3.63) is 24.3 Å². The first-order valence-electron chi connectivity index (χ1n) is 14.7. The topological polar surface area (TPSA) is 85.3 Å². The summed E-state index contributed by atoms with van der Waals surface area (Å²) in [4.78, 5) is 24.8. The Kier molecular flexibility index (Phi) is 20.2. The predicted molar refractivity (Wildman–Crippen MR) is 152 cm³/mol. The monoisotopic (exact) mass is 543 g/mol. The Morgan fingerprint density at radius 3 is 2.16 bits per heavy atom. The van der Waals surface area contributed by atoms with Crippen molar-refractivity contribution in [1.29, 1.82) is 0 Å². The Bertz CT molecular complexity index is 683. The van der Waals surface area contributed by atoms with E-state index in [-0.39, 0.29) is 19.1 Å². The highest BCUT2D eigenvalue weighted by Crippen LogP contribution is 2.45. The number of nitrogens with zero attached hydrogens (tertiary/aromatic N) is 1. The molecule has 0 aromatic rings. The first kappa shape index (κ1) is 34.0. The number of hydrogen-bond donors (Lipinski definition) is 1. The Morgan fingerprint density at radius 2 is 1.51 bits per heavy atom. The molecular weight excluding hydrogens is 489 g/mol. The molecule has 3 atom stereocenters. The van der Waals surface area contributed by atoms with E-state index in [1.165, 1.54) is 51.4 Å². The van der Waals surface area contributed by atoms with Crippen LogP contribution in [0.25, 0.3) is 0 Å². The Balaban J connectivity index is 2.64. The molecule has 0 saturated carbocycles. The van der Waals surface area contributed by atoms with Crippen LogP contribution in [-0.4, -0.2) is 54.7 Å². The van der Waals surface area contributed by atoms with Gasteiger partial charge in [0, 0.05) is 13.0 Å². The van der Waals surface area contributed by atoms with Gasteiger partial charge in [-0.25, -0.2) is 4.57 Å². The number of ether oxygens (including phenoxy) is 1. The molecule has 0 spiro atoms. The van der Waals surface area contributed by atoms with Crippen LogP contribution in [0.5, 0.6) is 0 Å². The second kappa shape index (κ2) is 21.9. The predicted octanol–water partition coefficient (Wildman–Crippen LogP) is 7.74. The highest BCUT2D eigenvalue weighted by atomic mass is 31.2. The van der Waals surface area contributed by atoms with Gasteiger partial charge in [0.1, 0.15) is 6.10 Å². The minimum Gasteiger partial charge on any atom is -0.462 e. The summed E-state index contributed by atoms with van der Waals surface area (Å²) < 4.78 is 28.7. The fourth-order valence-corrected chi connectivity index (χ4v) is 5.20. The number of phosphoric ester groups is 1. The van der Waals surface area contributed by atoms with Crippen molar-refractivity contribution in [3.63, 3.8) is 0 Å². The zero-order valence-corrected chi connectivity index (χ0v) is 24.7. The van der Waals surface area contributed by atoms with Crippen LogP contribution in [-0.2, 0) is 23.1 Å². The molecule has 37 heavy (non-hydrogen) atoms. The second-order valence-corrected chi connectivity index (χ2v) is 11.7. The zero-order chi connectivity index (χ0) is 27.2. The van der Waals surface area contributed by atoms with Gasteiger partial charge in [-0.15, -0.1) is 0 Å². The maximum atomic E-state index is 12.6. The molecule has 1 aliphatic heterocycles. The quantitative estimate of drug-likeness (QED) is 0.200. The number of rotatable bonds is 7. The molecule has 216 valence electrons. The molecule has 0 fully saturated rings. The molecule has 0 saturated heterocycles. The van der Waals surface area contributed by atoms with Crippen molar-refractivity contribution in [2.24, 2.45) is 0 Å². The lowest BCUT2D eigenvalue weighted by atomic mass is 10.0. The Morgan fingerprint density at radius 1 is 0.946 bits per heavy atom. The SMILES string of the molecule is CCN(C)CCOP(=O)(O)O[C@H]1CCCCCCCCCCCC/C=C/CC/C=C/C[C@H](C)OC(=O)C1. The number of cyclic esters (lactones) is 1. The largest absolute Gasteiger partial charge is 0.472 e. The minimum atomic E-state index is -4.26. The van der Waals surface area contributed by atoms with Crippen LogP contribution < -0.4 is 0 Å². The third-order valence-electron chi connectivity index (χ3n) is 6.72. The molecule has 1 aliphatic rings. The average Bonchev–Trinajstić information content (AvgIpc) is 2.84. The van der Waals surface area contributed by atoms with Crippen molar-refractivity contribution < 1.29 is 28.0 Å². The standard InChI is InChI=1S/C29H54NO6P/c1-4-30(3)24-25-34-37(32,33)36-28-23-21-19-17-15-13-11-9-7-5-6-8-10-12-14-16-18-20-22-27(2)35-29(31)26-28/h10,12,18,20,27-28H,4-9,11,13-17,19,21-26H2,1-3H3,(H,32,33)/b12-10+,20-18+/t27-,28-/m0/s1. The summed E-state index contributed by atoms with van der Waals surface area (Å²) in [6.07, 6.45) is 24.0. The molecule has 0 amide bonds. The molecule has 0 aromatic heterocycles. The fourth-order valence-electron chi connectivity index (χ4n) is 4.27. The van der Waals surface area contributed by atoms with E-state index in [2.05, 4.69) is 24.3 Å². The smallest absolute Gasteiger partial charge is 0.462 e. The van der Waals surface area contributed by atoms with Crippen molar-refractivity contribution in [1.82, 2.24) is 4.90 Å². The molecule has 0 bridgehead atoms. The molecule has 1 N–H and O–H groups in total. The number of esters is 1. The zero-order valence-electron chi connectivity index (χ0n) is 23.8. The van der Waals surface area contributed by atoms with Gasteiger partial charge in [0.2, 0.25) is 0 Å². The number of carbonyl (C=O) groups is 1. The van der Waals surface area contributed by atoms with E-state index < -0.39 is 19.9 Å². The van der Waals surface area contributed by atoms with Crippen molar-refractivity contribution in [2.75, 3.05) is 26.7 Å². The van der Waals surface area contributed by atoms with Gasteiger partial charge in [-0.1, -0.05) is 89.0 Å². The lowest BCUT2D eigenvalue weighted by Gasteiger charge is -2.22. The molecule has 0 radical (unpaired) electrons. The summed E-state index contributed by atoms with van der Waals surface area (Å²) in [5.41, 5.74) is 0. The molecule has 0 aromatic carbocycles. The van der Waals surface area contributed by atoms with Crippen LogP contribution in [0.15, 0.2) is 24.3 Å². The number of phosphoric acid groups is 1. The second-order valence-electron chi connectivity index (χ2n) is 10.3. The van der Waals surface area contributed by atoms with Gasteiger partial charge >= 0.3 is 13.8 Å². The van der Waals surface area contributed by atoms with Crippen LogP contribution in [0.1, 0.15) is 117 Å². The van der Waals surface area contributed by atoms with Gasteiger partial charge in [0.05, 0.1) is 19.1 Å². The molecule has 1 heterocycles. The third kappa shape index (κ3) is 20.6. The van der Waals surface area contributed by atoms with E-state index in [9.17, 15) is 14.3 Å². The third-order valence-corrected chi connectivity index (χ3v) is 7.80. The maximum absolute atomic E-state index is 12.6. The summed E-state index contributed by atoms with van der Waals surface area (Å²) in [5.74, 6) is -0.408. The summed E-state index contributed by atoms with van der Waals surface area (Å²) in [6.45, 7) is 5.31. The summed E-state index contributed by atoms with van der Waals surface area (Å²) in [7, 11) is -2.35. The van der Waals surface area contributed by atoms with Gasteiger partial charge < -0.3 is 14.5 Å². The first-order chi connectivity index (χ1) is 17.8. The maximum Gasteiger partial charge on any atom is 0.472 e. The van der Waals surface area contributed by atoms with Gasteiger partial charge in [0.25, 0.3) is 0 Å². The normalized spacial score (nSPS) is 26.5. The Hall–Kier alpha value is -0.980. The molecule has 8 heteroatoms. The molecule has 7 nitrogen and oxygen atoms in total. The van der Waals surface area contributed by atoms with Crippen LogP contribution in [0, 0.1) is 0 Å². The van der Waals surface area contributed by atoms with Crippen molar-refractivity contribution >= 4 is 13.8 Å². The first-order valence-corrected chi connectivity index (χ1v) is 16.2. The summed E-state index contributed by atoms with van der Waals surface area (Å²) >= 11 is 0. The van der Waals surface area contributed by atoms with E-state index in [4.69, 9.17) is 13.8 Å². The number of allylic oxidation sites excluding steroid dienone is 3. The molecule has 1 rings (SSSR count). The van der Waals surface area contributed by atoms with Crippen LogP contribution in [0.2, 0.25) is 0 Å². The summed E-state index contributed by atoms with van der Waals surface area (Å²) in [6, 6.07) is 0. The summed E-state index contributed by atoms with van der Waals surface area (Å²) in [5, 5.41) is 0. The number of likely N-dealkylation sites (N-methyl/N-ethyl adjacent to an activating group) is 1. The van der Waals surface area contributed by atoms with Crippen LogP contribution >= 0.6 is 7.82 Å². The molecule has 1 unspecified atom stereocenters. The van der Waals surface area contributed by atoms with E-state index in [0.29, 0.717) is 19.4 Å². The van der Waals surface area contributed by atoms with Crippen molar-refractivity contribution in [3.8, 4) is 0 Å². The molecular formula is C29H54NO6P. The number of hydrogen-bond acceptors (Lipinski definition) is 6. The van der Waals surface area contributed by atoms with Crippen molar-refractivity contribution in [2.45, 2.75) is 129 Å². The van der Waals surface area contributed by atoms with Crippen LogP contribution in [0.3, 0.4) is 0 Å². The highest BCUT2D eigenvalue weighted by Gasteiger charge is 2.29. The fraction of sp³-hybridized carbons (Fsp3) is 0.828.